The summed E-state index contributed by atoms with van der Waals surface area (Å²) in [5.74, 6) is 0.583. The molecule has 0 atom stereocenters. The van der Waals surface area contributed by atoms with Gasteiger partial charge in [-0.1, -0.05) is 17.7 Å². The first kappa shape index (κ1) is 15.3. The Morgan fingerprint density at radius 1 is 1.35 bits per heavy atom. The Kier molecular flexibility index (Phi) is 4.16. The van der Waals surface area contributed by atoms with Gasteiger partial charge in [0.2, 0.25) is 0 Å². The molecular formula is C16H16ClN5O. The molecule has 2 heterocycles. The molecule has 0 bridgehead atoms. The van der Waals surface area contributed by atoms with E-state index in [9.17, 15) is 4.79 Å². The zero-order valence-corrected chi connectivity index (χ0v) is 13.4. The highest BCUT2D eigenvalue weighted by molar-refractivity contribution is 6.30. The minimum absolute atomic E-state index is 0.197. The van der Waals surface area contributed by atoms with Gasteiger partial charge in [0, 0.05) is 22.8 Å². The summed E-state index contributed by atoms with van der Waals surface area (Å²) in [7, 11) is 0. The number of rotatable bonds is 5. The largest absolute Gasteiger partial charge is 0.348 e. The molecule has 3 aromatic rings. The lowest BCUT2D eigenvalue weighted by Crippen LogP contribution is -2.25. The summed E-state index contributed by atoms with van der Waals surface area (Å²) in [4.78, 5) is 19.8. The highest BCUT2D eigenvalue weighted by Crippen LogP contribution is 2.19. The second kappa shape index (κ2) is 6.26. The van der Waals surface area contributed by atoms with Gasteiger partial charge in [-0.25, -0.2) is 14.5 Å². The maximum absolute atomic E-state index is 12.6. The van der Waals surface area contributed by atoms with Crippen LogP contribution in [0, 0.1) is 6.92 Å². The van der Waals surface area contributed by atoms with Gasteiger partial charge in [0.25, 0.3) is 0 Å². The van der Waals surface area contributed by atoms with E-state index in [0.29, 0.717) is 23.9 Å². The lowest BCUT2D eigenvalue weighted by atomic mass is 10.2. The Morgan fingerprint density at radius 3 is 2.70 bits per heavy atom. The molecule has 7 heteroatoms. The summed E-state index contributed by atoms with van der Waals surface area (Å²) < 4.78 is 2.99. The van der Waals surface area contributed by atoms with Crippen molar-refractivity contribution < 1.29 is 0 Å². The monoisotopic (exact) mass is 329 g/mol. The second-order valence-electron chi connectivity index (χ2n) is 5.14. The molecule has 0 saturated heterocycles. The fourth-order valence-electron chi connectivity index (χ4n) is 2.34. The van der Waals surface area contributed by atoms with E-state index >= 15 is 0 Å². The van der Waals surface area contributed by atoms with Crippen LogP contribution in [-0.4, -0.2) is 24.3 Å². The van der Waals surface area contributed by atoms with Crippen molar-refractivity contribution in [2.24, 2.45) is 0 Å². The number of benzene rings is 1. The topological polar surface area (TPSA) is 68.5 Å². The minimum atomic E-state index is -0.197. The molecule has 118 valence electrons. The standard InChI is InChI=1S/C16H16ClN5O/c1-3-8-21-15(12-4-6-13(17)7-5-12)20-22(16(21)23)9-14-11(2)18-10-19-14/h3-7,10H,1,8-9H2,2H3,(H,18,19). The summed E-state index contributed by atoms with van der Waals surface area (Å²) >= 11 is 5.93. The van der Waals surface area contributed by atoms with Crippen LogP contribution >= 0.6 is 11.6 Å². The molecule has 0 amide bonds. The average molecular weight is 330 g/mol. The first-order valence-electron chi connectivity index (χ1n) is 7.13. The third kappa shape index (κ3) is 2.98. The van der Waals surface area contributed by atoms with Gasteiger partial charge in [-0.2, -0.15) is 0 Å². The third-order valence-corrected chi connectivity index (χ3v) is 3.82. The molecule has 2 aromatic heterocycles. The Bertz CT molecular complexity index is 888. The van der Waals surface area contributed by atoms with E-state index in [0.717, 1.165) is 17.0 Å². The van der Waals surface area contributed by atoms with E-state index in [-0.39, 0.29) is 5.69 Å². The van der Waals surface area contributed by atoms with Crippen molar-refractivity contribution in [1.82, 2.24) is 24.3 Å². The van der Waals surface area contributed by atoms with Crippen LogP contribution in [0.25, 0.3) is 11.4 Å². The first-order valence-corrected chi connectivity index (χ1v) is 7.51. The Labute approximate surface area is 138 Å². The van der Waals surface area contributed by atoms with Crippen LogP contribution in [0.5, 0.6) is 0 Å². The molecule has 1 aromatic carbocycles. The number of hydrogen-bond acceptors (Lipinski definition) is 3. The highest BCUT2D eigenvalue weighted by atomic mass is 35.5. The first-order chi connectivity index (χ1) is 11.1. The quantitative estimate of drug-likeness (QED) is 0.732. The van der Waals surface area contributed by atoms with Crippen LogP contribution in [-0.2, 0) is 13.1 Å². The number of H-pyrrole nitrogens is 1. The summed E-state index contributed by atoms with van der Waals surface area (Å²) in [6, 6.07) is 7.23. The Balaban J connectivity index is 2.07. The molecule has 6 nitrogen and oxygen atoms in total. The summed E-state index contributed by atoms with van der Waals surface area (Å²) in [5, 5.41) is 5.10. The molecule has 0 aliphatic carbocycles. The van der Waals surface area contributed by atoms with Crippen molar-refractivity contribution in [3.05, 3.63) is 70.1 Å². The number of imidazole rings is 1. The molecule has 0 spiro atoms. The van der Waals surface area contributed by atoms with Gasteiger partial charge in [0.05, 0.1) is 18.6 Å². The number of aromatic amines is 1. The SMILES string of the molecule is C=CCn1c(-c2ccc(Cl)cc2)nn(Cc2nc[nH]c2C)c1=O. The van der Waals surface area contributed by atoms with Crippen molar-refractivity contribution in [3.63, 3.8) is 0 Å². The smallest absolute Gasteiger partial charge is 0.346 e. The molecule has 1 N–H and O–H groups in total. The van der Waals surface area contributed by atoms with E-state index in [2.05, 4.69) is 21.6 Å². The third-order valence-electron chi connectivity index (χ3n) is 3.57. The fraction of sp³-hybridized carbons (Fsp3) is 0.188. The van der Waals surface area contributed by atoms with Crippen LogP contribution < -0.4 is 5.69 Å². The molecule has 0 aliphatic rings. The number of allylic oxidation sites excluding steroid dienone is 1. The van der Waals surface area contributed by atoms with E-state index in [1.54, 1.807) is 29.1 Å². The van der Waals surface area contributed by atoms with E-state index in [1.165, 1.54) is 4.68 Å². The summed E-state index contributed by atoms with van der Waals surface area (Å²) in [5.41, 5.74) is 2.34. The van der Waals surface area contributed by atoms with Crippen LogP contribution in [0.1, 0.15) is 11.4 Å². The maximum atomic E-state index is 12.6. The van der Waals surface area contributed by atoms with Crippen molar-refractivity contribution in [2.45, 2.75) is 20.0 Å². The maximum Gasteiger partial charge on any atom is 0.346 e. The van der Waals surface area contributed by atoms with E-state index < -0.39 is 0 Å². The lowest BCUT2D eigenvalue weighted by molar-refractivity contribution is 0.629. The van der Waals surface area contributed by atoms with Crippen molar-refractivity contribution in [2.75, 3.05) is 0 Å². The molecule has 3 rings (SSSR count). The number of halogens is 1. The summed E-state index contributed by atoms with van der Waals surface area (Å²) in [6.45, 7) is 6.32. The van der Waals surface area contributed by atoms with Gasteiger partial charge in [0.15, 0.2) is 5.82 Å². The van der Waals surface area contributed by atoms with Crippen molar-refractivity contribution in [3.8, 4) is 11.4 Å². The molecule has 0 radical (unpaired) electrons. The molecule has 0 aliphatic heterocycles. The van der Waals surface area contributed by atoms with Gasteiger partial charge in [-0.15, -0.1) is 11.7 Å². The van der Waals surface area contributed by atoms with Crippen molar-refractivity contribution >= 4 is 11.6 Å². The van der Waals surface area contributed by atoms with E-state index in [1.807, 2.05) is 19.1 Å². The minimum Gasteiger partial charge on any atom is -0.348 e. The van der Waals surface area contributed by atoms with Crippen LogP contribution in [0.3, 0.4) is 0 Å². The molecule has 0 fully saturated rings. The van der Waals surface area contributed by atoms with Crippen molar-refractivity contribution in [1.29, 1.82) is 0 Å². The number of hydrogen-bond donors (Lipinski definition) is 1. The fourth-order valence-corrected chi connectivity index (χ4v) is 2.46. The predicted molar refractivity (Wildman–Crippen MR) is 89.6 cm³/mol. The van der Waals surface area contributed by atoms with Gasteiger partial charge >= 0.3 is 5.69 Å². The van der Waals surface area contributed by atoms with Gasteiger partial charge in [0.1, 0.15) is 0 Å². The second-order valence-corrected chi connectivity index (χ2v) is 5.58. The summed E-state index contributed by atoms with van der Waals surface area (Å²) in [6.07, 6.45) is 3.28. The van der Waals surface area contributed by atoms with Gasteiger partial charge in [-0.05, 0) is 31.2 Å². The molecular weight excluding hydrogens is 314 g/mol. The Hall–Kier alpha value is -2.60. The van der Waals surface area contributed by atoms with Crippen LogP contribution in [0.2, 0.25) is 5.02 Å². The van der Waals surface area contributed by atoms with Crippen LogP contribution in [0.15, 0.2) is 48.0 Å². The Morgan fingerprint density at radius 2 is 2.09 bits per heavy atom. The van der Waals surface area contributed by atoms with Gasteiger partial charge < -0.3 is 4.98 Å². The van der Waals surface area contributed by atoms with Gasteiger partial charge in [-0.3, -0.25) is 4.57 Å². The normalized spacial score (nSPS) is 10.9. The zero-order valence-electron chi connectivity index (χ0n) is 12.7. The number of nitrogens with one attached hydrogen (secondary N) is 1. The number of nitrogens with zero attached hydrogens (tertiary/aromatic N) is 4. The zero-order chi connectivity index (χ0) is 16.4. The number of aromatic nitrogens is 5. The molecule has 0 unspecified atom stereocenters. The number of aryl methyl sites for hydroxylation is 1. The van der Waals surface area contributed by atoms with E-state index in [4.69, 9.17) is 11.6 Å². The lowest BCUT2D eigenvalue weighted by Gasteiger charge is -2.02. The highest BCUT2D eigenvalue weighted by Gasteiger charge is 2.15. The van der Waals surface area contributed by atoms with Crippen LogP contribution in [0.4, 0.5) is 0 Å². The average Bonchev–Trinajstić information content (AvgIpc) is 3.07. The molecule has 0 saturated carbocycles. The predicted octanol–water partition coefficient (Wildman–Crippen LogP) is 2.63. The molecule has 23 heavy (non-hydrogen) atoms.